The standard InChI is InChI=1S/C15H15NS/c1-13(17)16(15-10-6-3-7-11-15)12-14-8-4-2-5-9-14/h2-11H,12H2,1H3. The van der Waals surface area contributed by atoms with Gasteiger partial charge in [-0.3, -0.25) is 0 Å². The first-order chi connectivity index (χ1) is 8.27. The zero-order valence-electron chi connectivity index (χ0n) is 9.84. The number of benzene rings is 2. The molecule has 0 heterocycles. The van der Waals surface area contributed by atoms with Gasteiger partial charge in [0.25, 0.3) is 0 Å². The minimum absolute atomic E-state index is 0.820. The van der Waals surface area contributed by atoms with Gasteiger partial charge in [0.05, 0.1) is 4.99 Å². The third kappa shape index (κ3) is 3.14. The minimum atomic E-state index is 0.820. The second-order valence-electron chi connectivity index (χ2n) is 3.93. The van der Waals surface area contributed by atoms with Crippen LogP contribution in [0.25, 0.3) is 0 Å². The average Bonchev–Trinajstić information content (AvgIpc) is 2.38. The van der Waals surface area contributed by atoms with Crippen LogP contribution in [0.1, 0.15) is 12.5 Å². The molecule has 0 amide bonds. The molecule has 0 aliphatic heterocycles. The van der Waals surface area contributed by atoms with Gasteiger partial charge in [-0.1, -0.05) is 60.7 Å². The summed E-state index contributed by atoms with van der Waals surface area (Å²) in [5, 5.41) is 0. The smallest absolute Gasteiger partial charge is 0.0795 e. The molecule has 0 atom stereocenters. The predicted octanol–water partition coefficient (Wildman–Crippen LogP) is 4.04. The van der Waals surface area contributed by atoms with Gasteiger partial charge < -0.3 is 4.90 Å². The highest BCUT2D eigenvalue weighted by Gasteiger charge is 2.08. The van der Waals surface area contributed by atoms with E-state index in [-0.39, 0.29) is 0 Å². The third-order valence-corrected chi connectivity index (χ3v) is 2.85. The molecule has 0 N–H and O–H groups in total. The fourth-order valence-electron chi connectivity index (χ4n) is 1.76. The van der Waals surface area contributed by atoms with Crippen molar-refractivity contribution in [3.05, 3.63) is 66.2 Å². The molecule has 0 spiro atoms. The van der Waals surface area contributed by atoms with E-state index in [1.165, 1.54) is 5.56 Å². The lowest BCUT2D eigenvalue weighted by atomic mass is 10.2. The van der Waals surface area contributed by atoms with E-state index in [0.717, 1.165) is 17.2 Å². The lowest BCUT2D eigenvalue weighted by Crippen LogP contribution is -2.26. The molecule has 0 unspecified atom stereocenters. The van der Waals surface area contributed by atoms with E-state index in [2.05, 4.69) is 41.3 Å². The summed E-state index contributed by atoms with van der Waals surface area (Å²) >= 11 is 5.32. The van der Waals surface area contributed by atoms with Gasteiger partial charge in [-0.25, -0.2) is 0 Å². The summed E-state index contributed by atoms with van der Waals surface area (Å²) in [7, 11) is 0. The van der Waals surface area contributed by atoms with Crippen LogP contribution in [0.4, 0.5) is 5.69 Å². The van der Waals surface area contributed by atoms with Gasteiger partial charge >= 0.3 is 0 Å². The molecule has 86 valence electrons. The van der Waals surface area contributed by atoms with Crippen LogP contribution in [-0.2, 0) is 6.54 Å². The summed E-state index contributed by atoms with van der Waals surface area (Å²) in [6.45, 7) is 2.78. The van der Waals surface area contributed by atoms with Crippen LogP contribution in [-0.4, -0.2) is 4.99 Å². The SMILES string of the molecule is CC(=S)N(Cc1ccccc1)c1ccccc1. The Morgan fingerprint density at radius 1 is 0.941 bits per heavy atom. The van der Waals surface area contributed by atoms with Gasteiger partial charge in [0.2, 0.25) is 0 Å². The molecule has 2 rings (SSSR count). The predicted molar refractivity (Wildman–Crippen MR) is 77.3 cm³/mol. The molecule has 2 heteroatoms. The molecular weight excluding hydrogens is 226 g/mol. The number of thiocarbonyl (C=S) groups is 1. The van der Waals surface area contributed by atoms with E-state index in [9.17, 15) is 0 Å². The molecule has 0 saturated carbocycles. The van der Waals surface area contributed by atoms with Crippen molar-refractivity contribution in [1.82, 2.24) is 0 Å². The second kappa shape index (κ2) is 5.60. The highest BCUT2D eigenvalue weighted by Crippen LogP contribution is 2.17. The molecule has 0 saturated heterocycles. The number of hydrogen-bond donors (Lipinski definition) is 0. The van der Waals surface area contributed by atoms with E-state index in [1.54, 1.807) is 0 Å². The van der Waals surface area contributed by atoms with Gasteiger partial charge in [0.1, 0.15) is 0 Å². The Morgan fingerprint density at radius 3 is 2.00 bits per heavy atom. The van der Waals surface area contributed by atoms with Crippen molar-refractivity contribution in [1.29, 1.82) is 0 Å². The summed E-state index contributed by atoms with van der Waals surface area (Å²) in [4.78, 5) is 3.03. The van der Waals surface area contributed by atoms with Crippen LogP contribution < -0.4 is 4.90 Å². The van der Waals surface area contributed by atoms with Crippen molar-refractivity contribution in [3.63, 3.8) is 0 Å². The van der Waals surface area contributed by atoms with Crippen LogP contribution in [0.2, 0.25) is 0 Å². The molecule has 0 aliphatic carbocycles. The van der Waals surface area contributed by atoms with Crippen LogP contribution in [0.15, 0.2) is 60.7 Å². The van der Waals surface area contributed by atoms with Gasteiger partial charge in [-0.15, -0.1) is 0 Å². The maximum Gasteiger partial charge on any atom is 0.0795 e. The van der Waals surface area contributed by atoms with E-state index < -0.39 is 0 Å². The molecule has 2 aromatic carbocycles. The van der Waals surface area contributed by atoms with Crippen LogP contribution in [0.5, 0.6) is 0 Å². The topological polar surface area (TPSA) is 3.24 Å². The Hall–Kier alpha value is -1.67. The number of hydrogen-bond acceptors (Lipinski definition) is 1. The first-order valence-corrected chi connectivity index (χ1v) is 6.05. The summed E-state index contributed by atoms with van der Waals surface area (Å²) in [5.74, 6) is 0. The average molecular weight is 241 g/mol. The van der Waals surface area contributed by atoms with Crippen LogP contribution in [0, 0.1) is 0 Å². The Kier molecular flexibility index (Phi) is 3.89. The second-order valence-corrected chi connectivity index (χ2v) is 4.52. The molecular formula is C15H15NS. The van der Waals surface area contributed by atoms with Gasteiger partial charge in [0, 0.05) is 12.2 Å². The van der Waals surface area contributed by atoms with E-state index >= 15 is 0 Å². The first-order valence-electron chi connectivity index (χ1n) is 5.64. The van der Waals surface area contributed by atoms with Crippen molar-refractivity contribution in [2.75, 3.05) is 4.90 Å². The van der Waals surface area contributed by atoms with Gasteiger partial charge in [-0.2, -0.15) is 0 Å². The molecule has 0 aromatic heterocycles. The van der Waals surface area contributed by atoms with Gasteiger partial charge in [0.15, 0.2) is 0 Å². The zero-order chi connectivity index (χ0) is 12.1. The first kappa shape index (κ1) is 11.8. The zero-order valence-corrected chi connectivity index (χ0v) is 10.7. The summed E-state index contributed by atoms with van der Waals surface area (Å²) < 4.78 is 0. The molecule has 0 fully saturated rings. The van der Waals surface area contributed by atoms with Crippen molar-refractivity contribution in [2.24, 2.45) is 0 Å². The van der Waals surface area contributed by atoms with E-state index in [4.69, 9.17) is 12.2 Å². The fourth-order valence-corrected chi connectivity index (χ4v) is 1.93. The number of rotatable bonds is 3. The Balaban J connectivity index is 2.23. The van der Waals surface area contributed by atoms with Crippen LogP contribution >= 0.6 is 12.2 Å². The Bertz CT molecular complexity index is 479. The van der Waals surface area contributed by atoms with Crippen molar-refractivity contribution in [2.45, 2.75) is 13.5 Å². The normalized spacial score (nSPS) is 9.94. The summed E-state index contributed by atoms with van der Waals surface area (Å²) in [6, 6.07) is 20.6. The number of anilines is 1. The molecule has 0 bridgehead atoms. The maximum absolute atomic E-state index is 5.32. The molecule has 2 aromatic rings. The number of para-hydroxylation sites is 1. The molecule has 0 aliphatic rings. The monoisotopic (exact) mass is 241 g/mol. The quantitative estimate of drug-likeness (QED) is 0.746. The fraction of sp³-hybridized carbons (Fsp3) is 0.133. The lowest BCUT2D eigenvalue weighted by Gasteiger charge is -2.23. The van der Waals surface area contributed by atoms with Gasteiger partial charge in [-0.05, 0) is 24.6 Å². The molecule has 1 nitrogen and oxygen atoms in total. The van der Waals surface area contributed by atoms with Crippen LogP contribution in [0.3, 0.4) is 0 Å². The number of nitrogens with zero attached hydrogens (tertiary/aromatic N) is 1. The third-order valence-electron chi connectivity index (χ3n) is 2.63. The highest BCUT2D eigenvalue weighted by molar-refractivity contribution is 7.80. The maximum atomic E-state index is 5.32. The van der Waals surface area contributed by atoms with Crippen molar-refractivity contribution < 1.29 is 0 Å². The minimum Gasteiger partial charge on any atom is -0.332 e. The molecule has 17 heavy (non-hydrogen) atoms. The van der Waals surface area contributed by atoms with E-state index in [1.807, 2.05) is 31.2 Å². The van der Waals surface area contributed by atoms with Crippen molar-refractivity contribution in [3.8, 4) is 0 Å². The summed E-state index contributed by atoms with van der Waals surface area (Å²) in [5.41, 5.74) is 2.41. The Morgan fingerprint density at radius 2 is 1.47 bits per heavy atom. The largest absolute Gasteiger partial charge is 0.332 e. The van der Waals surface area contributed by atoms with E-state index in [0.29, 0.717) is 0 Å². The van der Waals surface area contributed by atoms with Crippen molar-refractivity contribution >= 4 is 22.9 Å². The molecule has 0 radical (unpaired) electrons. The Labute approximate surface area is 108 Å². The lowest BCUT2D eigenvalue weighted by molar-refractivity contribution is 1.01. The highest BCUT2D eigenvalue weighted by atomic mass is 32.1. The summed E-state index contributed by atoms with van der Waals surface area (Å²) in [6.07, 6.45) is 0.